The summed E-state index contributed by atoms with van der Waals surface area (Å²) in [6, 6.07) is 21.6. The van der Waals surface area contributed by atoms with Crippen molar-refractivity contribution in [2.75, 3.05) is 24.5 Å². The van der Waals surface area contributed by atoms with Crippen LogP contribution < -0.4 is 4.90 Å². The zero-order chi connectivity index (χ0) is 22.8. The van der Waals surface area contributed by atoms with Crippen LogP contribution in [0.15, 0.2) is 72.8 Å². The van der Waals surface area contributed by atoms with E-state index in [1.54, 1.807) is 24.3 Å². The van der Waals surface area contributed by atoms with Gasteiger partial charge in [-0.25, -0.2) is 8.78 Å². The molecular weight excluding hydrogens is 418 g/mol. The van der Waals surface area contributed by atoms with Crippen molar-refractivity contribution < 1.29 is 13.6 Å². The Morgan fingerprint density at radius 2 is 1.58 bits per heavy atom. The van der Waals surface area contributed by atoms with E-state index in [0.717, 1.165) is 48.3 Å². The van der Waals surface area contributed by atoms with Gasteiger partial charge in [-0.1, -0.05) is 42.5 Å². The first-order valence-corrected chi connectivity index (χ1v) is 11.6. The van der Waals surface area contributed by atoms with Crippen molar-refractivity contribution in [2.45, 2.75) is 37.6 Å². The summed E-state index contributed by atoms with van der Waals surface area (Å²) >= 11 is 0. The molecule has 1 saturated heterocycles. The highest BCUT2D eigenvalue weighted by atomic mass is 19.1. The average molecular weight is 447 g/mol. The minimum Gasteiger partial charge on any atom is -0.311 e. The summed E-state index contributed by atoms with van der Waals surface area (Å²) in [6.07, 6.45) is 2.83. The summed E-state index contributed by atoms with van der Waals surface area (Å²) in [5.74, 6) is -0.384. The lowest BCUT2D eigenvalue weighted by Gasteiger charge is -2.40. The fraction of sp³-hybridized carbons (Fsp3) is 0.321. The van der Waals surface area contributed by atoms with Gasteiger partial charge in [0.15, 0.2) is 0 Å². The van der Waals surface area contributed by atoms with Gasteiger partial charge in [-0.3, -0.25) is 9.69 Å². The number of rotatable bonds is 5. The first-order chi connectivity index (χ1) is 16.0. The standard InChI is InChI=1S/C28H28F2N2O/c29-23-8-4-7-22(17-23)19-31-15-13-28(14-16-31)20-32(26-11-10-24(30)18-25(26)28)27(33)12-9-21-5-2-1-3-6-21/h1-8,10-11,17-18H,9,12-16,19-20H2. The van der Waals surface area contributed by atoms with E-state index in [4.69, 9.17) is 0 Å². The van der Waals surface area contributed by atoms with Crippen LogP contribution in [0.25, 0.3) is 0 Å². The van der Waals surface area contributed by atoms with Gasteiger partial charge in [0.05, 0.1) is 0 Å². The number of amides is 1. The monoisotopic (exact) mass is 446 g/mol. The average Bonchev–Trinajstić information content (AvgIpc) is 3.13. The summed E-state index contributed by atoms with van der Waals surface area (Å²) < 4.78 is 27.8. The quantitative estimate of drug-likeness (QED) is 0.518. The molecule has 2 heterocycles. The predicted octanol–water partition coefficient (Wildman–Crippen LogP) is 5.48. The van der Waals surface area contributed by atoms with Crippen molar-refractivity contribution in [1.82, 2.24) is 4.90 Å². The molecule has 3 nitrogen and oxygen atoms in total. The van der Waals surface area contributed by atoms with Crippen molar-refractivity contribution in [2.24, 2.45) is 0 Å². The van der Waals surface area contributed by atoms with E-state index in [1.165, 1.54) is 12.1 Å². The predicted molar refractivity (Wildman–Crippen MR) is 126 cm³/mol. The third-order valence-corrected chi connectivity index (χ3v) is 7.16. The molecule has 0 radical (unpaired) electrons. The zero-order valence-corrected chi connectivity index (χ0v) is 18.6. The maximum absolute atomic E-state index is 14.3. The molecular formula is C28H28F2N2O. The molecule has 3 aromatic rings. The Hall–Kier alpha value is -3.05. The second-order valence-corrected chi connectivity index (χ2v) is 9.31. The summed E-state index contributed by atoms with van der Waals surface area (Å²) in [7, 11) is 0. The molecule has 0 aromatic heterocycles. The lowest BCUT2D eigenvalue weighted by molar-refractivity contribution is -0.118. The first kappa shape index (κ1) is 21.8. The summed E-state index contributed by atoms with van der Waals surface area (Å²) in [5, 5.41) is 0. The third-order valence-electron chi connectivity index (χ3n) is 7.16. The number of hydrogen-bond donors (Lipinski definition) is 0. The lowest BCUT2D eigenvalue weighted by Crippen LogP contribution is -2.45. The summed E-state index contributed by atoms with van der Waals surface area (Å²) in [5.41, 5.74) is 3.69. The fourth-order valence-corrected chi connectivity index (χ4v) is 5.35. The van der Waals surface area contributed by atoms with E-state index < -0.39 is 0 Å². The third kappa shape index (κ3) is 4.55. The molecule has 5 heteroatoms. The van der Waals surface area contributed by atoms with Gasteiger partial charge in [0.1, 0.15) is 11.6 Å². The molecule has 0 unspecified atom stereocenters. The number of nitrogens with zero attached hydrogens (tertiary/aromatic N) is 2. The Morgan fingerprint density at radius 1 is 0.848 bits per heavy atom. The maximum Gasteiger partial charge on any atom is 0.227 e. The number of anilines is 1. The number of carbonyl (C=O) groups is 1. The van der Waals surface area contributed by atoms with Crippen LogP contribution >= 0.6 is 0 Å². The van der Waals surface area contributed by atoms with E-state index in [2.05, 4.69) is 4.90 Å². The first-order valence-electron chi connectivity index (χ1n) is 11.6. The Labute approximate surface area is 193 Å². The fourth-order valence-electron chi connectivity index (χ4n) is 5.35. The molecule has 0 bridgehead atoms. The summed E-state index contributed by atoms with van der Waals surface area (Å²) in [4.78, 5) is 17.4. The molecule has 1 amide bonds. The number of hydrogen-bond acceptors (Lipinski definition) is 2. The summed E-state index contributed by atoms with van der Waals surface area (Å²) in [6.45, 7) is 2.97. The van der Waals surface area contributed by atoms with E-state index in [9.17, 15) is 13.6 Å². The normalized spacial score (nSPS) is 17.3. The number of fused-ring (bicyclic) bond motifs is 2. The van der Waals surface area contributed by atoms with Crippen LogP contribution in [-0.4, -0.2) is 30.4 Å². The molecule has 5 rings (SSSR count). The molecule has 1 fully saturated rings. The molecule has 0 N–H and O–H groups in total. The van der Waals surface area contributed by atoms with Crippen molar-refractivity contribution in [3.63, 3.8) is 0 Å². The number of carbonyl (C=O) groups excluding carboxylic acids is 1. The minimum atomic E-state index is -0.256. The zero-order valence-electron chi connectivity index (χ0n) is 18.6. The van der Waals surface area contributed by atoms with Crippen molar-refractivity contribution in [1.29, 1.82) is 0 Å². The van der Waals surface area contributed by atoms with E-state index in [-0.39, 0.29) is 23.0 Å². The van der Waals surface area contributed by atoms with E-state index in [1.807, 2.05) is 41.3 Å². The molecule has 0 saturated carbocycles. The molecule has 170 valence electrons. The van der Waals surface area contributed by atoms with Gasteiger partial charge in [-0.15, -0.1) is 0 Å². The number of likely N-dealkylation sites (tertiary alicyclic amines) is 1. The van der Waals surface area contributed by atoms with Gasteiger partial charge in [0.2, 0.25) is 5.91 Å². The number of benzene rings is 3. The SMILES string of the molecule is O=C(CCc1ccccc1)N1CC2(CCN(Cc3cccc(F)c3)CC2)c2cc(F)ccc21. The van der Waals surface area contributed by atoms with Gasteiger partial charge in [-0.2, -0.15) is 0 Å². The van der Waals surface area contributed by atoms with Crippen LogP contribution in [-0.2, 0) is 23.2 Å². The van der Waals surface area contributed by atoms with Gasteiger partial charge >= 0.3 is 0 Å². The second-order valence-electron chi connectivity index (χ2n) is 9.31. The molecule has 0 aliphatic carbocycles. The van der Waals surface area contributed by atoms with E-state index in [0.29, 0.717) is 25.9 Å². The highest BCUT2D eigenvalue weighted by Gasteiger charge is 2.46. The van der Waals surface area contributed by atoms with Crippen molar-refractivity contribution >= 4 is 11.6 Å². The smallest absolute Gasteiger partial charge is 0.227 e. The van der Waals surface area contributed by atoms with Gasteiger partial charge in [-0.05, 0) is 79.4 Å². The van der Waals surface area contributed by atoms with Crippen LogP contribution in [0.2, 0.25) is 0 Å². The highest BCUT2D eigenvalue weighted by Crippen LogP contribution is 2.47. The van der Waals surface area contributed by atoms with Gasteiger partial charge < -0.3 is 4.90 Å². The molecule has 2 aliphatic rings. The lowest BCUT2D eigenvalue weighted by atomic mass is 9.74. The Bertz CT molecular complexity index is 1140. The van der Waals surface area contributed by atoms with Crippen LogP contribution in [0, 0.1) is 11.6 Å². The molecule has 0 atom stereocenters. The van der Waals surface area contributed by atoms with Crippen LogP contribution in [0.5, 0.6) is 0 Å². The van der Waals surface area contributed by atoms with Crippen molar-refractivity contribution in [3.05, 3.63) is 101 Å². The minimum absolute atomic E-state index is 0.0887. The number of aryl methyl sites for hydroxylation is 1. The molecule has 3 aromatic carbocycles. The van der Waals surface area contributed by atoms with Crippen LogP contribution in [0.3, 0.4) is 0 Å². The number of halogens is 2. The Kier molecular flexibility index (Phi) is 5.98. The second kappa shape index (κ2) is 9.06. The van der Waals surface area contributed by atoms with Gasteiger partial charge in [0, 0.05) is 30.6 Å². The molecule has 33 heavy (non-hydrogen) atoms. The van der Waals surface area contributed by atoms with Crippen LogP contribution in [0.1, 0.15) is 36.0 Å². The van der Waals surface area contributed by atoms with Gasteiger partial charge in [0.25, 0.3) is 0 Å². The van der Waals surface area contributed by atoms with E-state index >= 15 is 0 Å². The Morgan fingerprint density at radius 3 is 2.33 bits per heavy atom. The highest BCUT2D eigenvalue weighted by molar-refractivity contribution is 5.96. The Balaban J connectivity index is 1.30. The van der Waals surface area contributed by atoms with Crippen molar-refractivity contribution in [3.8, 4) is 0 Å². The molecule has 2 aliphatic heterocycles. The topological polar surface area (TPSA) is 23.6 Å². The number of piperidine rings is 1. The maximum atomic E-state index is 14.3. The van der Waals surface area contributed by atoms with Crippen LogP contribution in [0.4, 0.5) is 14.5 Å². The molecule has 1 spiro atoms. The largest absolute Gasteiger partial charge is 0.311 e.